The van der Waals surface area contributed by atoms with Gasteiger partial charge in [-0.2, -0.15) is 0 Å². The van der Waals surface area contributed by atoms with Gasteiger partial charge in [-0.25, -0.2) is 8.42 Å². The lowest BCUT2D eigenvalue weighted by Crippen LogP contribution is -2.21. The van der Waals surface area contributed by atoms with Crippen molar-refractivity contribution < 1.29 is 13.2 Å². The summed E-state index contributed by atoms with van der Waals surface area (Å²) >= 11 is 0. The third-order valence-corrected chi connectivity index (χ3v) is 5.01. The molecular weight excluding hydrogens is 276 g/mol. The second kappa shape index (κ2) is 7.28. The van der Waals surface area contributed by atoms with E-state index in [9.17, 15) is 13.2 Å². The van der Waals surface area contributed by atoms with Crippen LogP contribution < -0.4 is 11.1 Å². The summed E-state index contributed by atoms with van der Waals surface area (Å²) in [6.45, 7) is 3.84. The maximum Gasteiger partial charge on any atom is 0.225 e. The Kier molecular flexibility index (Phi) is 6.01. The molecule has 1 amide bonds. The van der Waals surface area contributed by atoms with E-state index >= 15 is 0 Å². The van der Waals surface area contributed by atoms with Gasteiger partial charge >= 0.3 is 0 Å². The smallest absolute Gasteiger partial charge is 0.225 e. The van der Waals surface area contributed by atoms with Gasteiger partial charge in [0.15, 0.2) is 9.84 Å². The van der Waals surface area contributed by atoms with Crippen LogP contribution in [-0.2, 0) is 14.6 Å². The number of anilines is 2. The largest absolute Gasteiger partial charge is 0.397 e. The third kappa shape index (κ3) is 5.61. The molecule has 6 heteroatoms. The number of sulfone groups is 1. The number of hydrogen-bond acceptors (Lipinski definition) is 4. The fraction of sp³-hybridized carbons (Fsp3) is 0.500. The lowest BCUT2D eigenvalue weighted by molar-refractivity contribution is -0.115. The molecule has 0 radical (unpaired) electrons. The van der Waals surface area contributed by atoms with Crippen LogP contribution in [0.4, 0.5) is 11.4 Å². The minimum absolute atomic E-state index is 0.0485. The Balaban J connectivity index is 2.50. The van der Waals surface area contributed by atoms with Crippen LogP contribution in [0.15, 0.2) is 24.3 Å². The minimum Gasteiger partial charge on any atom is -0.397 e. The van der Waals surface area contributed by atoms with E-state index in [2.05, 4.69) is 5.32 Å². The highest BCUT2D eigenvalue weighted by atomic mass is 32.2. The van der Waals surface area contributed by atoms with E-state index in [0.717, 1.165) is 6.42 Å². The zero-order valence-corrected chi connectivity index (χ0v) is 12.7. The molecule has 1 aromatic carbocycles. The van der Waals surface area contributed by atoms with Crippen molar-refractivity contribution in [3.8, 4) is 0 Å². The molecule has 0 saturated carbocycles. The van der Waals surface area contributed by atoms with Gasteiger partial charge in [-0.3, -0.25) is 4.79 Å². The molecule has 1 atom stereocenters. The number of amides is 1. The maximum atomic E-state index is 11.8. The second-order valence-corrected chi connectivity index (χ2v) is 7.24. The highest BCUT2D eigenvalue weighted by molar-refractivity contribution is 7.91. The Morgan fingerprint density at radius 1 is 1.35 bits per heavy atom. The lowest BCUT2D eigenvalue weighted by atomic mass is 10.2. The first-order valence-electron chi connectivity index (χ1n) is 6.69. The number of para-hydroxylation sites is 2. The minimum atomic E-state index is -3.18. The van der Waals surface area contributed by atoms with E-state index in [1.165, 1.54) is 0 Å². The van der Waals surface area contributed by atoms with Gasteiger partial charge in [0.25, 0.3) is 0 Å². The van der Waals surface area contributed by atoms with Crippen LogP contribution in [-0.4, -0.2) is 25.8 Å². The Morgan fingerprint density at radius 2 is 2.00 bits per heavy atom. The number of rotatable bonds is 7. The van der Waals surface area contributed by atoms with Gasteiger partial charge in [-0.15, -0.1) is 0 Å². The monoisotopic (exact) mass is 298 g/mol. The SMILES string of the molecule is CCC(C)CS(=O)(=O)CCC(=O)Nc1ccccc1N. The Morgan fingerprint density at radius 3 is 2.60 bits per heavy atom. The van der Waals surface area contributed by atoms with Gasteiger partial charge in [-0.05, 0) is 18.1 Å². The topological polar surface area (TPSA) is 89.3 Å². The standard InChI is InChI=1S/C14H22N2O3S/c1-3-11(2)10-20(18,19)9-8-14(17)16-13-7-5-4-6-12(13)15/h4-7,11H,3,8-10,15H2,1-2H3,(H,16,17). The van der Waals surface area contributed by atoms with Crippen LogP contribution in [0, 0.1) is 5.92 Å². The van der Waals surface area contributed by atoms with E-state index in [0.29, 0.717) is 11.4 Å². The van der Waals surface area contributed by atoms with Crippen molar-refractivity contribution in [1.82, 2.24) is 0 Å². The van der Waals surface area contributed by atoms with Crippen molar-refractivity contribution in [3.63, 3.8) is 0 Å². The number of carbonyl (C=O) groups is 1. The second-order valence-electron chi connectivity index (χ2n) is 5.01. The molecule has 0 aliphatic carbocycles. The van der Waals surface area contributed by atoms with Crippen molar-refractivity contribution in [2.75, 3.05) is 22.6 Å². The van der Waals surface area contributed by atoms with Crippen LogP contribution >= 0.6 is 0 Å². The molecule has 0 aliphatic rings. The molecule has 1 unspecified atom stereocenters. The van der Waals surface area contributed by atoms with Gasteiger partial charge in [0.1, 0.15) is 0 Å². The van der Waals surface area contributed by atoms with Crippen molar-refractivity contribution in [2.45, 2.75) is 26.7 Å². The quantitative estimate of drug-likeness (QED) is 0.754. The number of nitrogen functional groups attached to an aromatic ring is 1. The van der Waals surface area contributed by atoms with Crippen molar-refractivity contribution in [1.29, 1.82) is 0 Å². The molecule has 20 heavy (non-hydrogen) atoms. The average Bonchev–Trinajstić information content (AvgIpc) is 2.39. The normalized spacial score (nSPS) is 12.9. The van der Waals surface area contributed by atoms with Crippen molar-refractivity contribution in [2.24, 2.45) is 5.92 Å². The highest BCUT2D eigenvalue weighted by Gasteiger charge is 2.17. The predicted octanol–water partition coefficient (Wildman–Crippen LogP) is 2.06. The molecule has 0 heterocycles. The van der Waals surface area contributed by atoms with E-state index in [1.807, 2.05) is 13.8 Å². The Bertz CT molecular complexity index is 555. The number of nitrogens with one attached hydrogen (secondary N) is 1. The predicted molar refractivity (Wildman–Crippen MR) is 82.2 cm³/mol. The first-order chi connectivity index (χ1) is 9.34. The van der Waals surface area contributed by atoms with Gasteiger partial charge in [-0.1, -0.05) is 32.4 Å². The molecule has 1 rings (SSSR count). The van der Waals surface area contributed by atoms with Crippen LogP contribution in [0.2, 0.25) is 0 Å². The highest BCUT2D eigenvalue weighted by Crippen LogP contribution is 2.17. The van der Waals surface area contributed by atoms with Gasteiger partial charge < -0.3 is 11.1 Å². The van der Waals surface area contributed by atoms with E-state index in [4.69, 9.17) is 5.73 Å². The average molecular weight is 298 g/mol. The molecule has 0 spiro atoms. The van der Waals surface area contributed by atoms with Crippen LogP contribution in [0.3, 0.4) is 0 Å². The molecule has 3 N–H and O–H groups in total. The number of carbonyl (C=O) groups excluding carboxylic acids is 1. The van der Waals surface area contributed by atoms with Crippen LogP contribution in [0.5, 0.6) is 0 Å². The van der Waals surface area contributed by atoms with Crippen molar-refractivity contribution >= 4 is 27.1 Å². The number of hydrogen-bond donors (Lipinski definition) is 2. The first-order valence-corrected chi connectivity index (χ1v) is 8.51. The summed E-state index contributed by atoms with van der Waals surface area (Å²) < 4.78 is 23.6. The van der Waals surface area contributed by atoms with Gasteiger partial charge in [0.05, 0.1) is 22.9 Å². The summed E-state index contributed by atoms with van der Waals surface area (Å²) in [5, 5.41) is 2.62. The molecule has 1 aromatic rings. The zero-order chi connectivity index (χ0) is 15.2. The third-order valence-electron chi connectivity index (χ3n) is 3.11. The van der Waals surface area contributed by atoms with Gasteiger partial charge in [0.2, 0.25) is 5.91 Å². The summed E-state index contributed by atoms with van der Waals surface area (Å²) in [6, 6.07) is 6.88. The molecule has 0 fully saturated rings. The Labute approximate surface area is 120 Å². The number of nitrogens with two attached hydrogens (primary N) is 1. The van der Waals surface area contributed by atoms with E-state index < -0.39 is 9.84 Å². The van der Waals surface area contributed by atoms with Crippen LogP contribution in [0.25, 0.3) is 0 Å². The molecule has 0 bridgehead atoms. The van der Waals surface area contributed by atoms with E-state index in [-0.39, 0.29) is 29.8 Å². The zero-order valence-electron chi connectivity index (χ0n) is 11.9. The maximum absolute atomic E-state index is 11.8. The lowest BCUT2D eigenvalue weighted by Gasteiger charge is -2.10. The summed E-state index contributed by atoms with van der Waals surface area (Å²) in [7, 11) is -3.18. The summed E-state index contributed by atoms with van der Waals surface area (Å²) in [4.78, 5) is 11.7. The summed E-state index contributed by atoms with van der Waals surface area (Å²) in [5.41, 5.74) is 6.67. The fourth-order valence-electron chi connectivity index (χ4n) is 1.71. The van der Waals surface area contributed by atoms with Crippen LogP contribution in [0.1, 0.15) is 26.7 Å². The molecule has 0 saturated heterocycles. The fourth-order valence-corrected chi connectivity index (χ4v) is 3.47. The Hall–Kier alpha value is -1.56. The first kappa shape index (κ1) is 16.5. The van der Waals surface area contributed by atoms with E-state index in [1.54, 1.807) is 24.3 Å². The summed E-state index contributed by atoms with van der Waals surface area (Å²) in [6.07, 6.45) is 0.763. The molecular formula is C14H22N2O3S. The molecule has 5 nitrogen and oxygen atoms in total. The van der Waals surface area contributed by atoms with Gasteiger partial charge in [0, 0.05) is 6.42 Å². The molecule has 0 aliphatic heterocycles. The summed E-state index contributed by atoms with van der Waals surface area (Å²) in [5.74, 6) is -0.219. The molecule has 0 aromatic heterocycles. The molecule has 112 valence electrons. The van der Waals surface area contributed by atoms with Crippen molar-refractivity contribution in [3.05, 3.63) is 24.3 Å². The number of benzene rings is 1.